The minimum atomic E-state index is 0.833. The highest BCUT2D eigenvalue weighted by Crippen LogP contribution is 2.25. The average Bonchev–Trinajstić information content (AvgIpc) is 2.53. The number of hydrogen-bond acceptors (Lipinski definition) is 2. The molecule has 2 nitrogen and oxygen atoms in total. The summed E-state index contributed by atoms with van der Waals surface area (Å²) in [5.74, 6) is 0. The quantitative estimate of drug-likeness (QED) is 0.802. The highest BCUT2D eigenvalue weighted by Gasteiger charge is 2.05. The van der Waals surface area contributed by atoms with Gasteiger partial charge in [0, 0.05) is 0 Å². The Morgan fingerprint density at radius 2 is 2.31 bits per heavy atom. The number of aromatic nitrogens is 1. The van der Waals surface area contributed by atoms with Crippen LogP contribution in [-0.2, 0) is 6.42 Å². The highest BCUT2D eigenvalue weighted by molar-refractivity contribution is 9.10. The lowest BCUT2D eigenvalue weighted by Gasteiger charge is -1.99. The lowest BCUT2D eigenvalue weighted by molar-refractivity contribution is 0.600. The predicted molar refractivity (Wildman–Crippen MR) is 55.7 cm³/mol. The lowest BCUT2D eigenvalue weighted by Crippen LogP contribution is -1.83. The van der Waals surface area contributed by atoms with Crippen molar-refractivity contribution < 1.29 is 4.42 Å². The van der Waals surface area contributed by atoms with Crippen LogP contribution in [0.15, 0.2) is 27.4 Å². The van der Waals surface area contributed by atoms with Crippen molar-refractivity contribution in [1.29, 1.82) is 0 Å². The Morgan fingerprint density at radius 1 is 1.46 bits per heavy atom. The first kappa shape index (κ1) is 8.75. The van der Waals surface area contributed by atoms with Crippen LogP contribution < -0.4 is 0 Å². The minimum absolute atomic E-state index is 0.833. The van der Waals surface area contributed by atoms with E-state index in [-0.39, 0.29) is 0 Å². The number of rotatable bonds is 2. The van der Waals surface area contributed by atoms with Gasteiger partial charge >= 0.3 is 0 Å². The van der Waals surface area contributed by atoms with Gasteiger partial charge in [0.25, 0.3) is 0 Å². The molecule has 0 aliphatic carbocycles. The van der Waals surface area contributed by atoms with Crippen LogP contribution in [0.4, 0.5) is 0 Å². The topological polar surface area (TPSA) is 26.0 Å². The molecule has 0 aliphatic rings. The van der Waals surface area contributed by atoms with E-state index in [1.54, 1.807) is 0 Å². The van der Waals surface area contributed by atoms with Gasteiger partial charge in [-0.25, -0.2) is 4.98 Å². The van der Waals surface area contributed by atoms with Crippen molar-refractivity contribution in [3.8, 4) is 0 Å². The molecule has 68 valence electrons. The van der Waals surface area contributed by atoms with Crippen LogP contribution in [0.3, 0.4) is 0 Å². The Hall–Kier alpha value is -0.830. The Labute approximate surface area is 85.1 Å². The first-order chi connectivity index (χ1) is 6.31. The third kappa shape index (κ3) is 1.61. The second-order valence-electron chi connectivity index (χ2n) is 3.03. The molecule has 0 bridgehead atoms. The van der Waals surface area contributed by atoms with Gasteiger partial charge in [0.1, 0.15) is 5.52 Å². The van der Waals surface area contributed by atoms with Crippen molar-refractivity contribution in [2.24, 2.45) is 0 Å². The van der Waals surface area contributed by atoms with Crippen molar-refractivity contribution in [3.05, 3.63) is 28.6 Å². The Morgan fingerprint density at radius 3 is 3.08 bits per heavy atom. The summed E-state index contributed by atoms with van der Waals surface area (Å²) in [6, 6.07) is 4.17. The molecule has 3 heteroatoms. The standard InChI is InChI=1S/C10H10BrNO/c1-2-3-7-4-8(11)10-9(5-7)12-6-13-10/h4-6H,2-3H2,1H3. The van der Waals surface area contributed by atoms with Crippen molar-refractivity contribution in [1.82, 2.24) is 4.98 Å². The summed E-state index contributed by atoms with van der Waals surface area (Å²) >= 11 is 3.46. The summed E-state index contributed by atoms with van der Waals surface area (Å²) in [6.07, 6.45) is 3.71. The molecule has 0 radical (unpaired) electrons. The molecule has 0 fully saturated rings. The normalized spacial score (nSPS) is 10.9. The second-order valence-corrected chi connectivity index (χ2v) is 3.88. The minimum Gasteiger partial charge on any atom is -0.442 e. The fourth-order valence-corrected chi connectivity index (χ4v) is 2.01. The number of benzene rings is 1. The molecule has 2 rings (SSSR count). The Balaban J connectivity index is 2.56. The second kappa shape index (κ2) is 3.50. The van der Waals surface area contributed by atoms with Gasteiger partial charge in [-0.2, -0.15) is 0 Å². The van der Waals surface area contributed by atoms with Crippen LogP contribution >= 0.6 is 15.9 Å². The van der Waals surface area contributed by atoms with E-state index in [9.17, 15) is 0 Å². The van der Waals surface area contributed by atoms with Crippen LogP contribution in [0, 0.1) is 0 Å². The number of aryl methyl sites for hydroxylation is 1. The molecule has 0 atom stereocenters. The zero-order valence-electron chi connectivity index (χ0n) is 7.38. The summed E-state index contributed by atoms with van der Waals surface area (Å²) < 4.78 is 6.22. The van der Waals surface area contributed by atoms with Crippen LogP contribution in [0.1, 0.15) is 18.9 Å². The molecule has 0 saturated carbocycles. The molecule has 2 aromatic rings. The van der Waals surface area contributed by atoms with Crippen molar-refractivity contribution in [2.75, 3.05) is 0 Å². The van der Waals surface area contributed by atoms with Crippen LogP contribution in [-0.4, -0.2) is 4.98 Å². The molecule has 1 heterocycles. The SMILES string of the molecule is CCCc1cc(Br)c2ocnc2c1. The van der Waals surface area contributed by atoms with Crippen molar-refractivity contribution >= 4 is 27.0 Å². The maximum Gasteiger partial charge on any atom is 0.182 e. The molecule has 1 aromatic carbocycles. The van der Waals surface area contributed by atoms with E-state index >= 15 is 0 Å². The monoisotopic (exact) mass is 239 g/mol. The summed E-state index contributed by atoms with van der Waals surface area (Å²) in [4.78, 5) is 4.13. The first-order valence-corrected chi connectivity index (χ1v) is 5.12. The fourth-order valence-electron chi connectivity index (χ4n) is 1.41. The van der Waals surface area contributed by atoms with Gasteiger partial charge in [-0.3, -0.25) is 0 Å². The van der Waals surface area contributed by atoms with E-state index in [4.69, 9.17) is 4.42 Å². The Bertz CT molecular complexity index is 422. The maximum absolute atomic E-state index is 5.22. The van der Waals surface area contributed by atoms with Crippen molar-refractivity contribution in [3.63, 3.8) is 0 Å². The van der Waals surface area contributed by atoms with Gasteiger partial charge in [0.2, 0.25) is 0 Å². The first-order valence-electron chi connectivity index (χ1n) is 4.33. The number of nitrogens with zero attached hydrogens (tertiary/aromatic N) is 1. The van der Waals surface area contributed by atoms with E-state index in [0.29, 0.717) is 0 Å². The maximum atomic E-state index is 5.22. The number of halogens is 1. The van der Waals surface area contributed by atoms with Gasteiger partial charge in [-0.1, -0.05) is 13.3 Å². The number of fused-ring (bicyclic) bond motifs is 1. The molecule has 13 heavy (non-hydrogen) atoms. The van der Waals surface area contributed by atoms with Gasteiger partial charge in [-0.05, 0) is 40.0 Å². The molecular weight excluding hydrogens is 230 g/mol. The smallest absolute Gasteiger partial charge is 0.182 e. The zero-order chi connectivity index (χ0) is 9.26. The average molecular weight is 240 g/mol. The molecule has 0 amide bonds. The van der Waals surface area contributed by atoms with Gasteiger partial charge in [0.15, 0.2) is 12.0 Å². The van der Waals surface area contributed by atoms with E-state index in [0.717, 1.165) is 28.4 Å². The predicted octanol–water partition coefficient (Wildman–Crippen LogP) is 3.54. The highest BCUT2D eigenvalue weighted by atomic mass is 79.9. The third-order valence-electron chi connectivity index (χ3n) is 1.98. The number of hydrogen-bond donors (Lipinski definition) is 0. The summed E-state index contributed by atoms with van der Waals surface area (Å²) in [5.41, 5.74) is 3.06. The van der Waals surface area contributed by atoms with Crippen LogP contribution in [0.5, 0.6) is 0 Å². The van der Waals surface area contributed by atoms with Crippen molar-refractivity contribution in [2.45, 2.75) is 19.8 Å². The largest absolute Gasteiger partial charge is 0.442 e. The van der Waals surface area contributed by atoms with E-state index in [1.165, 1.54) is 12.0 Å². The van der Waals surface area contributed by atoms with E-state index in [1.807, 2.05) is 0 Å². The van der Waals surface area contributed by atoms with Crippen LogP contribution in [0.2, 0.25) is 0 Å². The van der Waals surface area contributed by atoms with Gasteiger partial charge in [-0.15, -0.1) is 0 Å². The Kier molecular flexibility index (Phi) is 2.36. The summed E-state index contributed by atoms with van der Waals surface area (Å²) in [6.45, 7) is 2.17. The summed E-state index contributed by atoms with van der Waals surface area (Å²) in [7, 11) is 0. The third-order valence-corrected chi connectivity index (χ3v) is 2.57. The van der Waals surface area contributed by atoms with E-state index in [2.05, 4.69) is 40.0 Å². The molecule has 0 unspecified atom stereocenters. The molecule has 0 aliphatic heterocycles. The lowest BCUT2D eigenvalue weighted by atomic mass is 10.1. The molecule has 0 N–H and O–H groups in total. The van der Waals surface area contributed by atoms with E-state index < -0.39 is 0 Å². The molecule has 1 aromatic heterocycles. The summed E-state index contributed by atoms with van der Waals surface area (Å²) in [5, 5.41) is 0. The number of oxazole rings is 1. The zero-order valence-corrected chi connectivity index (χ0v) is 8.97. The fraction of sp³-hybridized carbons (Fsp3) is 0.300. The van der Waals surface area contributed by atoms with Crippen LogP contribution in [0.25, 0.3) is 11.1 Å². The molecule has 0 saturated heterocycles. The van der Waals surface area contributed by atoms with Gasteiger partial charge < -0.3 is 4.42 Å². The molecular formula is C10H10BrNO. The molecule has 0 spiro atoms. The van der Waals surface area contributed by atoms with Gasteiger partial charge in [0.05, 0.1) is 4.47 Å².